The van der Waals surface area contributed by atoms with Gasteiger partial charge in [-0.25, -0.2) is 0 Å². The first kappa shape index (κ1) is 22.9. The van der Waals surface area contributed by atoms with Crippen molar-refractivity contribution in [1.29, 1.82) is 0 Å². The topological polar surface area (TPSA) is 76.7 Å². The van der Waals surface area contributed by atoms with Gasteiger partial charge in [0.15, 0.2) is 5.65 Å². The summed E-state index contributed by atoms with van der Waals surface area (Å²) >= 11 is 0. The zero-order valence-electron chi connectivity index (χ0n) is 19.8. The molecule has 2 aromatic heterocycles. The highest BCUT2D eigenvalue weighted by Crippen LogP contribution is 2.44. The summed E-state index contributed by atoms with van der Waals surface area (Å²) in [6, 6.07) is 8.05. The van der Waals surface area contributed by atoms with Crippen molar-refractivity contribution in [3.8, 4) is 0 Å². The number of fused-ring (bicyclic) bond motifs is 1. The van der Waals surface area contributed by atoms with Gasteiger partial charge in [0.1, 0.15) is 11.4 Å². The number of hydrogen-bond acceptors (Lipinski definition) is 5. The molecule has 0 radical (unpaired) electrons. The summed E-state index contributed by atoms with van der Waals surface area (Å²) in [6.45, 7) is 15.3. The maximum atomic E-state index is 13.4. The Morgan fingerprint density at radius 2 is 1.77 bits per heavy atom. The van der Waals surface area contributed by atoms with E-state index in [0.717, 1.165) is 39.3 Å². The third-order valence-corrected chi connectivity index (χ3v) is 5.87. The predicted molar refractivity (Wildman–Crippen MR) is 121 cm³/mol. The molecule has 1 aromatic carbocycles. The summed E-state index contributed by atoms with van der Waals surface area (Å²) in [5, 5.41) is 18.4. The Bertz CT molecular complexity index is 1120. The van der Waals surface area contributed by atoms with E-state index < -0.39 is 11.0 Å². The van der Waals surface area contributed by atoms with Crippen LogP contribution in [0.15, 0.2) is 30.5 Å². The van der Waals surface area contributed by atoms with Gasteiger partial charge >= 0.3 is 5.97 Å². The van der Waals surface area contributed by atoms with Crippen molar-refractivity contribution < 1.29 is 14.6 Å². The molecule has 6 nitrogen and oxygen atoms in total. The maximum Gasteiger partial charge on any atom is 0.312 e. The zero-order valence-corrected chi connectivity index (χ0v) is 19.8. The Balaban J connectivity index is 2.25. The van der Waals surface area contributed by atoms with E-state index >= 15 is 0 Å². The molecule has 3 aromatic rings. The van der Waals surface area contributed by atoms with Gasteiger partial charge in [0, 0.05) is 12.1 Å². The molecule has 0 bridgehead atoms. The predicted octanol–water partition coefficient (Wildman–Crippen LogP) is 4.65. The minimum atomic E-state index is -0.868. The van der Waals surface area contributed by atoms with E-state index in [4.69, 9.17) is 4.74 Å². The van der Waals surface area contributed by atoms with Crippen molar-refractivity contribution in [2.75, 3.05) is 0 Å². The SMILES string of the molecule is Cc1ccc([C@H](c2ccn3c(C)nnc3c2C)C(C)(C)C(=O)OC(C)(C)C)cc1CO. The van der Waals surface area contributed by atoms with Crippen LogP contribution in [0.5, 0.6) is 0 Å². The highest BCUT2D eigenvalue weighted by Gasteiger charge is 2.42. The third-order valence-electron chi connectivity index (χ3n) is 5.87. The molecule has 0 spiro atoms. The number of carbonyl (C=O) groups is 1. The molecule has 0 aliphatic heterocycles. The van der Waals surface area contributed by atoms with E-state index in [-0.39, 0.29) is 18.5 Å². The number of aromatic nitrogens is 3. The molecule has 0 unspecified atom stereocenters. The summed E-state index contributed by atoms with van der Waals surface area (Å²) in [4.78, 5) is 13.4. The minimum absolute atomic E-state index is 0.0549. The van der Waals surface area contributed by atoms with Gasteiger partial charge in [-0.05, 0) is 89.3 Å². The van der Waals surface area contributed by atoms with E-state index in [1.807, 2.05) is 90.3 Å². The summed E-state index contributed by atoms with van der Waals surface area (Å²) < 4.78 is 7.77. The van der Waals surface area contributed by atoms with Gasteiger partial charge in [-0.15, -0.1) is 10.2 Å². The first-order valence-electron chi connectivity index (χ1n) is 10.6. The van der Waals surface area contributed by atoms with Gasteiger partial charge in [-0.1, -0.05) is 18.2 Å². The molecule has 0 saturated carbocycles. The zero-order chi connectivity index (χ0) is 23.1. The van der Waals surface area contributed by atoms with Crippen LogP contribution in [-0.2, 0) is 16.1 Å². The molecule has 0 amide bonds. The van der Waals surface area contributed by atoms with Gasteiger partial charge < -0.3 is 9.84 Å². The Labute approximate surface area is 184 Å². The number of carbonyl (C=O) groups excluding carboxylic acids is 1. The average molecular weight is 424 g/mol. The van der Waals surface area contributed by atoms with Crippen LogP contribution in [0.2, 0.25) is 0 Å². The maximum absolute atomic E-state index is 13.4. The number of esters is 1. The number of benzene rings is 1. The number of aryl methyl sites for hydroxylation is 3. The molecule has 3 rings (SSSR count). The van der Waals surface area contributed by atoms with Crippen LogP contribution in [0.25, 0.3) is 5.65 Å². The average Bonchev–Trinajstić information content (AvgIpc) is 3.05. The van der Waals surface area contributed by atoms with E-state index in [2.05, 4.69) is 10.2 Å². The highest BCUT2D eigenvalue weighted by molar-refractivity contribution is 5.79. The second kappa shape index (κ2) is 8.08. The van der Waals surface area contributed by atoms with Crippen LogP contribution in [0, 0.1) is 26.2 Å². The number of aliphatic hydroxyl groups is 1. The number of ether oxygens (including phenoxy) is 1. The molecular formula is C25H33N3O3. The van der Waals surface area contributed by atoms with E-state index in [9.17, 15) is 9.90 Å². The standard InChI is InChI=1S/C25H33N3O3/c1-15-9-10-18(13-19(15)14-29)21(25(7,8)23(30)31-24(4,5)6)20-11-12-28-17(3)26-27-22(28)16(20)2/h9-13,21,29H,14H2,1-8H3/t21-/m1/s1. The fraction of sp³-hybridized carbons (Fsp3) is 0.480. The summed E-state index contributed by atoms with van der Waals surface area (Å²) in [5.41, 5.74) is 4.09. The second-order valence-electron chi connectivity index (χ2n) is 9.84. The lowest BCUT2D eigenvalue weighted by atomic mass is 9.70. The molecule has 31 heavy (non-hydrogen) atoms. The lowest BCUT2D eigenvalue weighted by Gasteiger charge is -2.36. The van der Waals surface area contributed by atoms with Crippen LogP contribution in [0.3, 0.4) is 0 Å². The van der Waals surface area contributed by atoms with Crippen molar-refractivity contribution in [1.82, 2.24) is 14.6 Å². The Hall–Kier alpha value is -2.73. The number of pyridine rings is 1. The summed E-state index contributed by atoms with van der Waals surface area (Å²) in [7, 11) is 0. The Kier molecular flexibility index (Phi) is 5.98. The normalized spacial score (nSPS) is 13.5. The van der Waals surface area contributed by atoms with Crippen molar-refractivity contribution in [3.63, 3.8) is 0 Å². The van der Waals surface area contributed by atoms with Gasteiger partial charge in [-0.3, -0.25) is 9.20 Å². The van der Waals surface area contributed by atoms with Gasteiger partial charge in [0.2, 0.25) is 0 Å². The van der Waals surface area contributed by atoms with E-state index in [1.165, 1.54) is 0 Å². The second-order valence-corrected chi connectivity index (χ2v) is 9.84. The molecule has 1 N–H and O–H groups in total. The Morgan fingerprint density at radius 1 is 1.10 bits per heavy atom. The fourth-order valence-corrected chi connectivity index (χ4v) is 4.08. The molecule has 0 fully saturated rings. The van der Waals surface area contributed by atoms with Crippen molar-refractivity contribution in [2.45, 2.75) is 73.5 Å². The Morgan fingerprint density at radius 3 is 2.39 bits per heavy atom. The number of hydrogen-bond donors (Lipinski definition) is 1. The third kappa shape index (κ3) is 4.35. The molecule has 0 aliphatic rings. The first-order valence-corrected chi connectivity index (χ1v) is 10.6. The number of nitrogens with zero attached hydrogens (tertiary/aromatic N) is 3. The molecular weight excluding hydrogens is 390 g/mol. The van der Waals surface area contributed by atoms with Crippen LogP contribution < -0.4 is 0 Å². The monoisotopic (exact) mass is 423 g/mol. The molecule has 0 aliphatic carbocycles. The van der Waals surface area contributed by atoms with Gasteiger partial charge in [0.05, 0.1) is 12.0 Å². The molecule has 1 atom stereocenters. The lowest BCUT2D eigenvalue weighted by molar-refractivity contribution is -0.166. The number of aliphatic hydroxyl groups excluding tert-OH is 1. The first-order chi connectivity index (χ1) is 14.4. The smallest absolute Gasteiger partial charge is 0.312 e. The summed E-state index contributed by atoms with van der Waals surface area (Å²) in [5.74, 6) is 0.244. The van der Waals surface area contributed by atoms with E-state index in [1.54, 1.807) is 0 Å². The number of rotatable bonds is 5. The molecule has 0 saturated heterocycles. The minimum Gasteiger partial charge on any atom is -0.460 e. The van der Waals surface area contributed by atoms with Crippen molar-refractivity contribution in [2.24, 2.45) is 5.41 Å². The quantitative estimate of drug-likeness (QED) is 0.605. The van der Waals surface area contributed by atoms with Crippen LogP contribution >= 0.6 is 0 Å². The summed E-state index contributed by atoms with van der Waals surface area (Å²) in [6.07, 6.45) is 1.95. The van der Waals surface area contributed by atoms with Crippen molar-refractivity contribution in [3.05, 3.63) is 64.1 Å². The van der Waals surface area contributed by atoms with Crippen LogP contribution in [0.1, 0.15) is 74.2 Å². The van der Waals surface area contributed by atoms with Gasteiger partial charge in [0.25, 0.3) is 0 Å². The highest BCUT2D eigenvalue weighted by atomic mass is 16.6. The molecule has 166 valence electrons. The van der Waals surface area contributed by atoms with Crippen LogP contribution in [-0.4, -0.2) is 31.3 Å². The lowest BCUT2D eigenvalue weighted by Crippen LogP contribution is -2.38. The van der Waals surface area contributed by atoms with Crippen LogP contribution in [0.4, 0.5) is 0 Å². The van der Waals surface area contributed by atoms with Gasteiger partial charge in [-0.2, -0.15) is 0 Å². The fourth-order valence-electron chi connectivity index (χ4n) is 4.08. The molecule has 6 heteroatoms. The largest absolute Gasteiger partial charge is 0.460 e. The van der Waals surface area contributed by atoms with E-state index in [0.29, 0.717) is 0 Å². The molecule has 2 heterocycles. The van der Waals surface area contributed by atoms with Crippen molar-refractivity contribution >= 4 is 11.6 Å².